The number of hydrogen-bond donors (Lipinski definition) is 2. The van der Waals surface area contributed by atoms with Gasteiger partial charge in [0.15, 0.2) is 0 Å². The van der Waals surface area contributed by atoms with Crippen LogP contribution in [0.2, 0.25) is 0 Å². The van der Waals surface area contributed by atoms with Gasteiger partial charge in [-0.15, -0.1) is 0 Å². The van der Waals surface area contributed by atoms with Gasteiger partial charge in [-0.25, -0.2) is 9.97 Å². The maximum atomic E-state index is 11.0. The monoisotopic (exact) mass is 208 g/mol. The van der Waals surface area contributed by atoms with Crippen molar-refractivity contribution in [3.63, 3.8) is 0 Å². The molecule has 5 nitrogen and oxygen atoms in total. The summed E-state index contributed by atoms with van der Waals surface area (Å²) in [6, 6.07) is 0.281. The highest BCUT2D eigenvalue weighted by Gasteiger charge is 2.11. The third-order valence-corrected chi connectivity index (χ3v) is 1.85. The van der Waals surface area contributed by atoms with Crippen molar-refractivity contribution in [2.24, 2.45) is 5.73 Å². The van der Waals surface area contributed by atoms with Gasteiger partial charge in [0, 0.05) is 6.04 Å². The fourth-order valence-electron chi connectivity index (χ4n) is 1.25. The number of amides is 1. The first-order valence-corrected chi connectivity index (χ1v) is 4.96. The Hall–Kier alpha value is -1.65. The van der Waals surface area contributed by atoms with Crippen molar-refractivity contribution in [1.82, 2.24) is 9.97 Å². The Morgan fingerprint density at radius 3 is 2.73 bits per heavy atom. The molecule has 0 unspecified atom stereocenters. The summed E-state index contributed by atoms with van der Waals surface area (Å²) in [6.45, 7) is 5.93. The lowest BCUT2D eigenvalue weighted by molar-refractivity contribution is 0.0994. The van der Waals surface area contributed by atoms with E-state index >= 15 is 0 Å². The van der Waals surface area contributed by atoms with Crippen LogP contribution in [-0.2, 0) is 6.42 Å². The van der Waals surface area contributed by atoms with Crippen LogP contribution in [-0.4, -0.2) is 21.9 Å². The van der Waals surface area contributed by atoms with Gasteiger partial charge in [0.05, 0.1) is 11.9 Å². The molecule has 0 atom stereocenters. The summed E-state index contributed by atoms with van der Waals surface area (Å²) < 4.78 is 0. The zero-order valence-corrected chi connectivity index (χ0v) is 9.24. The highest BCUT2D eigenvalue weighted by atomic mass is 16.1. The Morgan fingerprint density at radius 1 is 1.60 bits per heavy atom. The van der Waals surface area contributed by atoms with E-state index in [1.165, 1.54) is 6.20 Å². The second-order valence-electron chi connectivity index (χ2n) is 3.57. The molecule has 0 saturated heterocycles. The summed E-state index contributed by atoms with van der Waals surface area (Å²) in [5.74, 6) is 0.141. The smallest absolute Gasteiger partial charge is 0.269 e. The van der Waals surface area contributed by atoms with E-state index in [4.69, 9.17) is 5.73 Å². The van der Waals surface area contributed by atoms with Crippen LogP contribution >= 0.6 is 0 Å². The minimum Gasteiger partial charge on any atom is -0.367 e. The molecule has 0 fully saturated rings. The second kappa shape index (κ2) is 4.72. The van der Waals surface area contributed by atoms with Crippen LogP contribution in [0.5, 0.6) is 0 Å². The van der Waals surface area contributed by atoms with Gasteiger partial charge in [0.25, 0.3) is 5.91 Å². The number of rotatable bonds is 4. The van der Waals surface area contributed by atoms with Gasteiger partial charge in [0.1, 0.15) is 11.5 Å². The van der Waals surface area contributed by atoms with Gasteiger partial charge in [-0.2, -0.15) is 0 Å². The fourth-order valence-corrected chi connectivity index (χ4v) is 1.25. The topological polar surface area (TPSA) is 80.9 Å². The van der Waals surface area contributed by atoms with Crippen molar-refractivity contribution < 1.29 is 4.79 Å². The number of carbonyl (C=O) groups excluding carboxylic acids is 1. The zero-order chi connectivity index (χ0) is 11.4. The average molecular weight is 208 g/mol. The number of hydrogen-bond acceptors (Lipinski definition) is 4. The molecule has 0 aromatic carbocycles. The number of nitrogens with zero attached hydrogens (tertiary/aromatic N) is 2. The van der Waals surface area contributed by atoms with Gasteiger partial charge in [-0.05, 0) is 20.3 Å². The SMILES string of the molecule is CCc1nc(NC(C)C)cnc1C(N)=O. The first-order chi connectivity index (χ1) is 7.04. The van der Waals surface area contributed by atoms with Crippen molar-refractivity contribution in [3.8, 4) is 0 Å². The molecule has 1 rings (SSSR count). The van der Waals surface area contributed by atoms with E-state index in [0.717, 1.165) is 0 Å². The summed E-state index contributed by atoms with van der Waals surface area (Å²) >= 11 is 0. The van der Waals surface area contributed by atoms with E-state index in [1.807, 2.05) is 20.8 Å². The molecule has 0 bridgehead atoms. The molecule has 82 valence electrons. The maximum Gasteiger partial charge on any atom is 0.269 e. The normalized spacial score (nSPS) is 10.4. The molecular formula is C10H16N4O. The average Bonchev–Trinajstić information content (AvgIpc) is 2.16. The van der Waals surface area contributed by atoms with Gasteiger partial charge in [0.2, 0.25) is 0 Å². The van der Waals surface area contributed by atoms with Crippen LogP contribution in [0.1, 0.15) is 37.0 Å². The molecule has 5 heteroatoms. The molecule has 1 amide bonds. The molecule has 0 saturated carbocycles. The van der Waals surface area contributed by atoms with Gasteiger partial charge in [-0.3, -0.25) is 4.79 Å². The number of anilines is 1. The van der Waals surface area contributed by atoms with Crippen LogP contribution in [0.4, 0.5) is 5.82 Å². The molecule has 0 aliphatic heterocycles. The number of primary amides is 1. The fraction of sp³-hybridized carbons (Fsp3) is 0.500. The minimum atomic E-state index is -0.532. The van der Waals surface area contributed by atoms with Gasteiger partial charge < -0.3 is 11.1 Å². The summed E-state index contributed by atoms with van der Waals surface area (Å²) in [5.41, 5.74) is 6.07. The highest BCUT2D eigenvalue weighted by Crippen LogP contribution is 2.09. The molecular weight excluding hydrogens is 192 g/mol. The molecule has 0 radical (unpaired) electrons. The molecule has 1 aromatic rings. The third-order valence-electron chi connectivity index (χ3n) is 1.85. The van der Waals surface area contributed by atoms with E-state index in [1.54, 1.807) is 0 Å². The predicted octanol–water partition coefficient (Wildman–Crippen LogP) is 0.958. The van der Waals surface area contributed by atoms with Gasteiger partial charge >= 0.3 is 0 Å². The van der Waals surface area contributed by atoms with E-state index < -0.39 is 5.91 Å². The van der Waals surface area contributed by atoms with Crippen molar-refractivity contribution in [1.29, 1.82) is 0 Å². The zero-order valence-electron chi connectivity index (χ0n) is 9.24. The third kappa shape index (κ3) is 2.90. The Balaban J connectivity index is 3.02. The van der Waals surface area contributed by atoms with E-state index in [9.17, 15) is 4.79 Å². The lowest BCUT2D eigenvalue weighted by atomic mass is 10.2. The van der Waals surface area contributed by atoms with Crippen LogP contribution in [0.25, 0.3) is 0 Å². The molecule has 1 heterocycles. The Morgan fingerprint density at radius 2 is 2.27 bits per heavy atom. The summed E-state index contributed by atoms with van der Waals surface area (Å²) in [7, 11) is 0. The van der Waals surface area contributed by atoms with Crippen molar-refractivity contribution >= 4 is 11.7 Å². The van der Waals surface area contributed by atoms with Crippen LogP contribution < -0.4 is 11.1 Å². The number of nitrogens with one attached hydrogen (secondary N) is 1. The summed E-state index contributed by atoms with van der Waals surface area (Å²) in [4.78, 5) is 19.3. The summed E-state index contributed by atoms with van der Waals surface area (Å²) in [6.07, 6.45) is 2.16. The number of aromatic nitrogens is 2. The quantitative estimate of drug-likeness (QED) is 0.772. The molecule has 15 heavy (non-hydrogen) atoms. The molecule has 0 aliphatic carbocycles. The summed E-state index contributed by atoms with van der Waals surface area (Å²) in [5, 5.41) is 3.12. The Labute approximate surface area is 89.1 Å². The van der Waals surface area contributed by atoms with Crippen LogP contribution in [0, 0.1) is 0 Å². The largest absolute Gasteiger partial charge is 0.367 e. The standard InChI is InChI=1S/C10H16N4O/c1-4-7-9(10(11)15)12-5-8(14-7)13-6(2)3/h5-6H,4H2,1-3H3,(H2,11,15)(H,13,14). The van der Waals surface area contributed by atoms with Gasteiger partial charge in [-0.1, -0.05) is 6.92 Å². The Kier molecular flexibility index (Phi) is 3.60. The van der Waals surface area contributed by atoms with Crippen LogP contribution in [0.15, 0.2) is 6.20 Å². The molecule has 0 aliphatic rings. The van der Waals surface area contributed by atoms with Crippen molar-refractivity contribution in [3.05, 3.63) is 17.6 Å². The lowest BCUT2D eigenvalue weighted by Crippen LogP contribution is -2.19. The first-order valence-electron chi connectivity index (χ1n) is 4.96. The number of carbonyl (C=O) groups is 1. The van der Waals surface area contributed by atoms with Crippen molar-refractivity contribution in [2.75, 3.05) is 5.32 Å². The molecule has 0 spiro atoms. The molecule has 3 N–H and O–H groups in total. The predicted molar refractivity (Wildman–Crippen MR) is 58.7 cm³/mol. The van der Waals surface area contributed by atoms with E-state index in [2.05, 4.69) is 15.3 Å². The van der Waals surface area contributed by atoms with E-state index in [0.29, 0.717) is 17.9 Å². The lowest BCUT2D eigenvalue weighted by Gasteiger charge is -2.10. The van der Waals surface area contributed by atoms with Crippen molar-refractivity contribution in [2.45, 2.75) is 33.2 Å². The van der Waals surface area contributed by atoms with E-state index in [-0.39, 0.29) is 11.7 Å². The molecule has 1 aromatic heterocycles. The first kappa shape index (κ1) is 11.4. The number of aryl methyl sites for hydroxylation is 1. The number of nitrogens with two attached hydrogens (primary N) is 1. The second-order valence-corrected chi connectivity index (χ2v) is 3.57. The van der Waals surface area contributed by atoms with Crippen LogP contribution in [0.3, 0.4) is 0 Å². The minimum absolute atomic E-state index is 0.256. The Bertz CT molecular complexity index is 362. The highest BCUT2D eigenvalue weighted by molar-refractivity contribution is 5.91. The maximum absolute atomic E-state index is 11.0.